The zero-order chi connectivity index (χ0) is 43.4. The molecule has 63 heavy (non-hydrogen) atoms. The van der Waals surface area contributed by atoms with Crippen LogP contribution in [0.5, 0.6) is 5.75 Å². The summed E-state index contributed by atoms with van der Waals surface area (Å²) in [5.74, 6) is -2.77. The summed E-state index contributed by atoms with van der Waals surface area (Å²) in [6.07, 6.45) is 8.19. The fraction of sp³-hybridized carbons (Fsp3) is 0.511. The maximum absolute atomic E-state index is 15.2. The molecule has 3 saturated heterocycles. The summed E-state index contributed by atoms with van der Waals surface area (Å²) < 4.78 is 39.3. The third-order valence-corrected chi connectivity index (χ3v) is 14.7. The number of rotatable bonds is 8. The van der Waals surface area contributed by atoms with E-state index in [1.54, 1.807) is 19.3 Å². The summed E-state index contributed by atoms with van der Waals surface area (Å²) in [5, 5.41) is 15.6. The van der Waals surface area contributed by atoms with Gasteiger partial charge in [0.1, 0.15) is 5.02 Å². The van der Waals surface area contributed by atoms with E-state index in [1.165, 1.54) is 4.57 Å². The Bertz CT molecular complexity index is 2750. The summed E-state index contributed by atoms with van der Waals surface area (Å²) in [6, 6.07) is 10.5. The lowest BCUT2D eigenvalue weighted by molar-refractivity contribution is -0.134. The Kier molecular flexibility index (Phi) is 9.60. The summed E-state index contributed by atoms with van der Waals surface area (Å²) in [5.41, 5.74) is 3.98. The molecule has 2 aliphatic carbocycles. The summed E-state index contributed by atoms with van der Waals surface area (Å²) in [7, 11) is 3.55. The topological polar surface area (TPSA) is 155 Å². The van der Waals surface area contributed by atoms with Crippen LogP contribution in [0, 0.1) is 11.8 Å². The molecule has 18 heteroatoms. The predicted molar refractivity (Wildman–Crippen MR) is 237 cm³/mol. The first-order valence-corrected chi connectivity index (χ1v) is 22.5. The van der Waals surface area contributed by atoms with Crippen molar-refractivity contribution in [2.45, 2.75) is 74.8 Å². The van der Waals surface area contributed by atoms with Crippen molar-refractivity contribution < 1.29 is 23.1 Å². The fourth-order valence-electron chi connectivity index (χ4n) is 10.6. The number of hydrogen-bond donors (Lipinski definition) is 3. The lowest BCUT2D eigenvalue weighted by Gasteiger charge is -2.45. The smallest absolute Gasteiger partial charge is 0.301 e. The quantitative estimate of drug-likeness (QED) is 0.159. The lowest BCUT2D eigenvalue weighted by atomic mass is 9.92. The second-order valence-electron chi connectivity index (χ2n) is 18.5. The molecule has 2 amide bonds. The molecule has 4 aliphatic heterocycles. The van der Waals surface area contributed by atoms with Crippen LogP contribution in [0.3, 0.4) is 0 Å². The molecule has 11 rings (SSSR count). The van der Waals surface area contributed by atoms with E-state index in [2.05, 4.69) is 41.7 Å². The van der Waals surface area contributed by atoms with Crippen molar-refractivity contribution >= 4 is 74.0 Å². The second-order valence-corrected chi connectivity index (χ2v) is 18.9. The Hall–Kier alpha value is -5.55. The molecular weight excluding hydrogens is 832 g/mol. The lowest BCUT2D eigenvalue weighted by Crippen LogP contribution is -2.57. The van der Waals surface area contributed by atoms with Crippen LogP contribution in [0.25, 0.3) is 21.8 Å². The van der Waals surface area contributed by atoms with Crippen molar-refractivity contribution in [2.24, 2.45) is 25.9 Å². The van der Waals surface area contributed by atoms with Crippen LogP contribution in [-0.4, -0.2) is 104 Å². The van der Waals surface area contributed by atoms with Gasteiger partial charge in [0.05, 0.1) is 46.3 Å². The zero-order valence-corrected chi connectivity index (χ0v) is 36.1. The predicted octanol–water partition coefficient (Wildman–Crippen LogP) is 5.92. The van der Waals surface area contributed by atoms with Crippen LogP contribution < -0.4 is 36.0 Å². The van der Waals surface area contributed by atoms with Gasteiger partial charge in [0.25, 0.3) is 5.56 Å². The molecule has 0 bridgehead atoms. The van der Waals surface area contributed by atoms with Crippen LogP contribution >= 0.6 is 11.6 Å². The Labute approximate surface area is 367 Å². The van der Waals surface area contributed by atoms with Crippen molar-refractivity contribution in [2.75, 3.05) is 66.3 Å². The number of carbonyl (C=O) groups is 2. The third-order valence-electron chi connectivity index (χ3n) is 14.4. The second kappa shape index (κ2) is 15.0. The highest BCUT2D eigenvalue weighted by Gasteiger charge is 2.53. The molecule has 0 radical (unpaired) electrons. The maximum Gasteiger partial charge on any atom is 0.301 e. The van der Waals surface area contributed by atoms with Crippen molar-refractivity contribution in [1.29, 1.82) is 0 Å². The number of alkyl halides is 2. The van der Waals surface area contributed by atoms with Gasteiger partial charge in [-0.15, -0.1) is 0 Å². The molecule has 2 aromatic carbocycles. The van der Waals surface area contributed by atoms with E-state index < -0.39 is 30.0 Å². The van der Waals surface area contributed by atoms with Gasteiger partial charge in [-0.2, -0.15) is 10.1 Å². The summed E-state index contributed by atoms with van der Waals surface area (Å²) in [6.45, 7) is 4.54. The Morgan fingerprint density at radius 3 is 2.54 bits per heavy atom. The number of para-hydroxylation sites is 1. The van der Waals surface area contributed by atoms with Crippen LogP contribution in [-0.2, 0) is 23.7 Å². The van der Waals surface area contributed by atoms with E-state index in [4.69, 9.17) is 26.4 Å². The van der Waals surface area contributed by atoms with Gasteiger partial charge in [0, 0.05) is 81.8 Å². The molecular formula is C45H50ClF2N11O4. The molecule has 1 spiro atoms. The van der Waals surface area contributed by atoms with Crippen molar-refractivity contribution in [3.63, 3.8) is 0 Å². The minimum atomic E-state index is -3.13. The first-order valence-electron chi connectivity index (χ1n) is 22.1. The minimum Gasteiger partial charge on any atom is -0.480 e. The van der Waals surface area contributed by atoms with Crippen LogP contribution in [0.1, 0.15) is 63.0 Å². The highest BCUT2D eigenvalue weighted by atomic mass is 35.5. The van der Waals surface area contributed by atoms with Gasteiger partial charge < -0.3 is 29.7 Å². The number of aryl methyl sites for hydroxylation is 2. The number of imide groups is 1. The van der Waals surface area contributed by atoms with E-state index in [0.29, 0.717) is 65.0 Å². The number of fused-ring (bicyclic) bond motifs is 4. The number of nitrogens with one attached hydrogen (secondary N) is 3. The molecule has 5 fully saturated rings. The number of amides is 2. The summed E-state index contributed by atoms with van der Waals surface area (Å²) >= 11 is 6.70. The molecule has 6 aliphatic rings. The Morgan fingerprint density at radius 1 is 0.968 bits per heavy atom. The standard InChI is InChI=1S/C45H50ClF2N11O4/c1-55-32-10-8-27(20-30(32)36-38(42(55)62)63-24-45(47,48)39(52-36)26-6-7-26)50-40-31(46)21-49-43(53-40)58-18-19-59(44(23-58)14-15-44)22-25-12-16-57(17-13-25)33-5-3-4-28-35(54-56(2)37(28)33)29-9-11-34(60)51-41(29)61/h3-5,8,10,20-21,25-26,29,39,52H,6-7,9,11-19,22-24H2,1-2H3,(H,49,50,53)(H,51,60,61). The molecule has 330 valence electrons. The molecule has 3 N–H and O–H groups in total. The van der Waals surface area contributed by atoms with Crippen LogP contribution in [0.2, 0.25) is 5.02 Å². The van der Waals surface area contributed by atoms with Crippen molar-refractivity contribution in [1.82, 2.24) is 34.5 Å². The Morgan fingerprint density at radius 2 is 1.78 bits per heavy atom. The highest BCUT2D eigenvalue weighted by molar-refractivity contribution is 6.33. The fourth-order valence-corrected chi connectivity index (χ4v) is 10.7. The summed E-state index contributed by atoms with van der Waals surface area (Å²) in [4.78, 5) is 54.9. The van der Waals surface area contributed by atoms with E-state index >= 15 is 8.78 Å². The molecule has 2 saturated carbocycles. The minimum absolute atomic E-state index is 0.0784. The average molecular weight is 882 g/mol. The number of ether oxygens (including phenoxy) is 1. The van der Waals surface area contributed by atoms with Gasteiger partial charge in [-0.3, -0.25) is 29.3 Å². The Balaban J connectivity index is 0.760. The number of piperazine rings is 1. The van der Waals surface area contributed by atoms with Crippen molar-refractivity contribution in [3.05, 3.63) is 63.7 Å². The van der Waals surface area contributed by atoms with E-state index in [9.17, 15) is 14.4 Å². The van der Waals surface area contributed by atoms with E-state index in [-0.39, 0.29) is 34.7 Å². The average Bonchev–Trinajstić information content (AvgIpc) is 4.22. The highest BCUT2D eigenvalue weighted by Crippen LogP contribution is 2.48. The van der Waals surface area contributed by atoms with Gasteiger partial charge in [0.15, 0.2) is 12.4 Å². The third kappa shape index (κ3) is 7.11. The monoisotopic (exact) mass is 881 g/mol. The van der Waals surface area contributed by atoms with Crippen LogP contribution in [0.15, 0.2) is 47.4 Å². The van der Waals surface area contributed by atoms with Crippen LogP contribution in [0.4, 0.5) is 37.6 Å². The van der Waals surface area contributed by atoms with Gasteiger partial charge in [-0.05, 0) is 81.0 Å². The number of carbonyl (C=O) groups excluding carboxylic acids is 2. The first kappa shape index (κ1) is 40.2. The van der Waals surface area contributed by atoms with Crippen molar-refractivity contribution in [3.8, 4) is 5.75 Å². The normalized spacial score (nSPS) is 23.6. The van der Waals surface area contributed by atoms with E-state index in [1.807, 2.05) is 36.0 Å². The molecule has 2 atom stereocenters. The number of aromatic nitrogens is 5. The SMILES string of the molecule is Cn1nc(C2CCC(=O)NC2=O)c2cccc(N3CCC(CN4CCN(c5ncc(Cl)c(Nc6ccc7c(c6)c6c(c(=O)n7C)OCC(F)(F)C(C7CC7)N6)n5)CC45CC5)CC3)c21. The van der Waals surface area contributed by atoms with Gasteiger partial charge in [-0.1, -0.05) is 23.7 Å². The number of hydrogen-bond acceptors (Lipinski definition) is 12. The van der Waals surface area contributed by atoms with Gasteiger partial charge in [0.2, 0.25) is 23.5 Å². The molecule has 15 nitrogen and oxygen atoms in total. The number of benzene rings is 2. The van der Waals surface area contributed by atoms with E-state index in [0.717, 1.165) is 87.2 Å². The number of anilines is 5. The number of piperidine rings is 2. The largest absolute Gasteiger partial charge is 0.480 e. The number of nitrogens with zero attached hydrogens (tertiary/aromatic N) is 8. The molecule has 5 aromatic rings. The maximum atomic E-state index is 15.2. The van der Waals surface area contributed by atoms with Gasteiger partial charge >= 0.3 is 5.92 Å². The molecule has 2 unspecified atom stereocenters. The first-order chi connectivity index (χ1) is 30.4. The zero-order valence-electron chi connectivity index (χ0n) is 35.3. The molecule has 3 aromatic heterocycles. The number of halogens is 3. The number of pyridine rings is 1. The molecule has 7 heterocycles. The van der Waals surface area contributed by atoms with Gasteiger partial charge in [-0.25, -0.2) is 13.8 Å².